The summed E-state index contributed by atoms with van der Waals surface area (Å²) in [5.74, 6) is 1.04. The van der Waals surface area contributed by atoms with Gasteiger partial charge in [-0.25, -0.2) is 8.42 Å². The maximum absolute atomic E-state index is 11.3. The molecule has 1 N–H and O–H groups in total. The van der Waals surface area contributed by atoms with Gasteiger partial charge in [0.15, 0.2) is 21.3 Å². The molecule has 18 heavy (non-hydrogen) atoms. The lowest BCUT2D eigenvalue weighted by molar-refractivity contribution is 0.279. The van der Waals surface area contributed by atoms with Gasteiger partial charge in [0.05, 0.1) is 19.5 Å². The molecule has 0 bridgehead atoms. The lowest BCUT2D eigenvalue weighted by atomic mass is 10.2. The third-order valence-electron chi connectivity index (χ3n) is 2.50. The predicted octanol–water partition coefficient (Wildman–Crippen LogP) is 1.00. The molecule has 1 aromatic carbocycles. The van der Waals surface area contributed by atoms with Gasteiger partial charge in [-0.3, -0.25) is 0 Å². The van der Waals surface area contributed by atoms with Crippen LogP contribution in [0.15, 0.2) is 18.2 Å². The molecule has 1 aromatic rings. The maximum Gasteiger partial charge on any atom is 0.161 e. The average Bonchev–Trinajstić information content (AvgIpc) is 2.38. The summed E-state index contributed by atoms with van der Waals surface area (Å²) in [6.45, 7) is 1.61. The van der Waals surface area contributed by atoms with E-state index < -0.39 is 9.84 Å². The number of hydrogen-bond acceptors (Lipinski definition) is 5. The van der Waals surface area contributed by atoms with Gasteiger partial charge in [-0.2, -0.15) is 0 Å². The molecule has 0 aliphatic rings. The second kappa shape index (κ2) is 6.61. The summed E-state index contributed by atoms with van der Waals surface area (Å²) in [6.07, 6.45) is 0. The van der Waals surface area contributed by atoms with Crippen LogP contribution in [-0.4, -0.2) is 38.7 Å². The number of rotatable bonds is 7. The molecule has 0 amide bonds. The number of benzene rings is 1. The second-order valence-corrected chi connectivity index (χ2v) is 6.20. The summed E-state index contributed by atoms with van der Waals surface area (Å²) in [4.78, 5) is 0. The fraction of sp³-hybridized carbons (Fsp3) is 0.500. The van der Waals surface area contributed by atoms with Gasteiger partial charge in [0, 0.05) is 5.75 Å². The first-order valence-corrected chi connectivity index (χ1v) is 7.45. The third-order valence-corrected chi connectivity index (χ3v) is 4.17. The zero-order chi connectivity index (χ0) is 13.6. The number of aliphatic hydroxyl groups is 1. The Hall–Kier alpha value is -1.27. The smallest absolute Gasteiger partial charge is 0.161 e. The normalized spacial score (nSPS) is 11.3. The number of methoxy groups -OCH3 is 1. The van der Waals surface area contributed by atoms with Crippen LogP contribution in [0.5, 0.6) is 11.5 Å². The topological polar surface area (TPSA) is 72.8 Å². The Morgan fingerprint density at radius 2 is 2.00 bits per heavy atom. The van der Waals surface area contributed by atoms with E-state index in [4.69, 9.17) is 14.6 Å². The minimum absolute atomic E-state index is 0.0194. The molecule has 102 valence electrons. The molecule has 0 saturated carbocycles. The number of ether oxygens (including phenoxy) is 2. The Balaban J connectivity index is 2.67. The van der Waals surface area contributed by atoms with Gasteiger partial charge < -0.3 is 14.6 Å². The molecular weight excluding hydrogens is 256 g/mol. The van der Waals surface area contributed by atoms with Gasteiger partial charge in [-0.05, 0) is 17.7 Å². The molecule has 0 unspecified atom stereocenters. The minimum Gasteiger partial charge on any atom is -0.493 e. The molecule has 0 fully saturated rings. The Morgan fingerprint density at radius 3 is 2.56 bits per heavy atom. The molecule has 0 radical (unpaired) electrons. The van der Waals surface area contributed by atoms with Crippen molar-refractivity contribution in [1.82, 2.24) is 0 Å². The zero-order valence-corrected chi connectivity index (χ0v) is 11.4. The van der Waals surface area contributed by atoms with Crippen molar-refractivity contribution in [3.05, 3.63) is 23.8 Å². The van der Waals surface area contributed by atoms with Crippen LogP contribution >= 0.6 is 0 Å². The van der Waals surface area contributed by atoms with E-state index in [0.29, 0.717) is 17.1 Å². The first-order valence-electron chi connectivity index (χ1n) is 5.63. The molecule has 0 spiro atoms. The molecule has 0 aliphatic carbocycles. The van der Waals surface area contributed by atoms with Gasteiger partial charge in [0.1, 0.15) is 6.61 Å². The van der Waals surface area contributed by atoms with Crippen LogP contribution in [0.1, 0.15) is 12.5 Å². The summed E-state index contributed by atoms with van der Waals surface area (Å²) < 4.78 is 33.1. The fourth-order valence-corrected chi connectivity index (χ4v) is 1.98. The predicted molar refractivity (Wildman–Crippen MR) is 68.7 cm³/mol. The van der Waals surface area contributed by atoms with E-state index in [1.165, 1.54) is 7.11 Å². The van der Waals surface area contributed by atoms with Crippen LogP contribution in [0, 0.1) is 0 Å². The quantitative estimate of drug-likeness (QED) is 0.803. The number of aliphatic hydroxyl groups excluding tert-OH is 1. The average molecular weight is 274 g/mol. The SMILES string of the molecule is CCS(=O)(=O)CCOc1ccc(CO)cc1OC. The highest BCUT2D eigenvalue weighted by atomic mass is 32.2. The molecule has 5 nitrogen and oxygen atoms in total. The largest absolute Gasteiger partial charge is 0.493 e. The summed E-state index contributed by atoms with van der Waals surface area (Å²) in [5.41, 5.74) is 0.709. The Kier molecular flexibility index (Phi) is 5.43. The molecule has 0 saturated heterocycles. The lowest BCUT2D eigenvalue weighted by Gasteiger charge is -2.11. The van der Waals surface area contributed by atoms with E-state index >= 15 is 0 Å². The van der Waals surface area contributed by atoms with Crippen LogP contribution in [-0.2, 0) is 16.4 Å². The summed E-state index contributed by atoms with van der Waals surface area (Å²) in [5, 5.41) is 8.99. The van der Waals surface area contributed by atoms with Crippen LogP contribution in [0.25, 0.3) is 0 Å². The van der Waals surface area contributed by atoms with E-state index in [-0.39, 0.29) is 24.7 Å². The molecule has 1 rings (SSSR count). The van der Waals surface area contributed by atoms with Crippen LogP contribution in [0.4, 0.5) is 0 Å². The van der Waals surface area contributed by atoms with E-state index in [9.17, 15) is 8.42 Å². The van der Waals surface area contributed by atoms with E-state index in [1.807, 2.05) is 0 Å². The second-order valence-electron chi connectivity index (χ2n) is 3.73. The van der Waals surface area contributed by atoms with Gasteiger partial charge in [0.25, 0.3) is 0 Å². The van der Waals surface area contributed by atoms with E-state index in [2.05, 4.69) is 0 Å². The van der Waals surface area contributed by atoms with Gasteiger partial charge in [-0.15, -0.1) is 0 Å². The first kappa shape index (κ1) is 14.8. The standard InChI is InChI=1S/C12H18O5S/c1-3-18(14,15)7-6-17-11-5-4-10(9-13)8-12(11)16-2/h4-5,8,13H,3,6-7,9H2,1-2H3. The Labute approximate surface area is 107 Å². The van der Waals surface area contributed by atoms with Crippen molar-refractivity contribution in [2.75, 3.05) is 25.2 Å². The Bertz CT molecular complexity index is 481. The van der Waals surface area contributed by atoms with Crippen molar-refractivity contribution >= 4 is 9.84 Å². The van der Waals surface area contributed by atoms with Crippen molar-refractivity contribution in [3.8, 4) is 11.5 Å². The van der Waals surface area contributed by atoms with Crippen molar-refractivity contribution in [2.45, 2.75) is 13.5 Å². The van der Waals surface area contributed by atoms with Gasteiger partial charge in [-0.1, -0.05) is 13.0 Å². The third kappa shape index (κ3) is 4.19. The molecule has 0 atom stereocenters. The van der Waals surface area contributed by atoms with Crippen LogP contribution < -0.4 is 9.47 Å². The lowest BCUT2D eigenvalue weighted by Crippen LogP contribution is -2.15. The highest BCUT2D eigenvalue weighted by molar-refractivity contribution is 7.91. The number of sulfone groups is 1. The Morgan fingerprint density at radius 1 is 1.28 bits per heavy atom. The van der Waals surface area contributed by atoms with Gasteiger partial charge >= 0.3 is 0 Å². The minimum atomic E-state index is -3.03. The van der Waals surface area contributed by atoms with Crippen LogP contribution in [0.2, 0.25) is 0 Å². The highest BCUT2D eigenvalue weighted by Crippen LogP contribution is 2.28. The highest BCUT2D eigenvalue weighted by Gasteiger charge is 2.10. The first-order chi connectivity index (χ1) is 8.52. The summed E-state index contributed by atoms with van der Waals surface area (Å²) in [6, 6.07) is 5.01. The fourth-order valence-electron chi connectivity index (χ4n) is 1.35. The number of hydrogen-bond donors (Lipinski definition) is 1. The van der Waals surface area contributed by atoms with Crippen molar-refractivity contribution in [2.24, 2.45) is 0 Å². The maximum atomic E-state index is 11.3. The van der Waals surface area contributed by atoms with Crippen LogP contribution in [0.3, 0.4) is 0 Å². The van der Waals surface area contributed by atoms with Crippen molar-refractivity contribution < 1.29 is 23.0 Å². The molecule has 0 aliphatic heterocycles. The molecule has 0 aromatic heterocycles. The zero-order valence-electron chi connectivity index (χ0n) is 10.5. The van der Waals surface area contributed by atoms with Crippen molar-refractivity contribution in [3.63, 3.8) is 0 Å². The van der Waals surface area contributed by atoms with Crippen molar-refractivity contribution in [1.29, 1.82) is 0 Å². The van der Waals surface area contributed by atoms with E-state index in [0.717, 1.165) is 0 Å². The molecule has 6 heteroatoms. The molecular formula is C12H18O5S. The summed E-state index contributed by atoms with van der Waals surface area (Å²) in [7, 11) is -1.54. The van der Waals surface area contributed by atoms with Gasteiger partial charge in [0.2, 0.25) is 0 Å². The summed E-state index contributed by atoms with van der Waals surface area (Å²) >= 11 is 0. The monoisotopic (exact) mass is 274 g/mol. The molecule has 0 heterocycles. The van der Waals surface area contributed by atoms with E-state index in [1.54, 1.807) is 25.1 Å².